The average molecular weight is 793 g/mol. The van der Waals surface area contributed by atoms with Crippen molar-refractivity contribution in [3.63, 3.8) is 0 Å². The van der Waals surface area contributed by atoms with Gasteiger partial charge in [-0.25, -0.2) is 0 Å². The molecule has 0 unspecified atom stereocenters. The first-order chi connectivity index (χ1) is 28.3. The predicted octanol–water partition coefficient (Wildman–Crippen LogP) is 20.7. The second kappa shape index (κ2) is 44.8. The summed E-state index contributed by atoms with van der Waals surface area (Å²) in [5.41, 5.74) is 6.96. The van der Waals surface area contributed by atoms with E-state index in [-0.39, 0.29) is 0 Å². The molecule has 0 saturated heterocycles. The lowest BCUT2D eigenvalue weighted by atomic mass is 9.87. The monoisotopic (exact) mass is 793 g/mol. The van der Waals surface area contributed by atoms with Crippen LogP contribution in [0.25, 0.3) is 0 Å². The van der Waals surface area contributed by atoms with Gasteiger partial charge < -0.3 is 0 Å². The molecule has 0 heteroatoms. The molecule has 336 valence electrons. The Labute approximate surface area is 362 Å². The molecule has 1 aromatic rings. The molecule has 0 aliphatic heterocycles. The minimum Gasteiger partial charge on any atom is -0.0654 e. The van der Waals surface area contributed by atoms with Gasteiger partial charge in [0.05, 0.1) is 0 Å². The van der Waals surface area contributed by atoms with E-state index in [1.54, 1.807) is 22.3 Å². The first-order valence-electron chi connectivity index (χ1n) is 27.4. The van der Waals surface area contributed by atoms with Crippen LogP contribution in [0.3, 0.4) is 0 Å². The van der Waals surface area contributed by atoms with Gasteiger partial charge in [0, 0.05) is 0 Å². The largest absolute Gasteiger partial charge is 0.0654 e. The van der Waals surface area contributed by atoms with Gasteiger partial charge >= 0.3 is 0 Å². The zero-order chi connectivity index (χ0) is 41.0. The standard InChI is InChI=1S/C57H108/c1-5-9-12-15-18-21-24-27-30-33-36-39-42-45-49-55-52-54(48-8-4)53-56(50-46-43-40-37-34-31-28-25-22-19-16-13-10-6-2)57(55)51-47-44-41-38-35-32-29-26-23-20-17-14-11-7-3/h52-53H,5-51H2,1-4H3. The lowest BCUT2D eigenvalue weighted by molar-refractivity contribution is 0.533. The van der Waals surface area contributed by atoms with Crippen molar-refractivity contribution in [3.05, 3.63) is 34.4 Å². The molecule has 0 aromatic heterocycles. The SMILES string of the molecule is CCCCCCCCCCCCCCCCc1cc(CCC)cc(CCCCCCCCCCCCCCCC)c1CCCCCCCCCCCCCCCC. The van der Waals surface area contributed by atoms with Gasteiger partial charge in [-0.2, -0.15) is 0 Å². The highest BCUT2D eigenvalue weighted by atomic mass is 14.2. The highest BCUT2D eigenvalue weighted by Gasteiger charge is 2.12. The average Bonchev–Trinajstić information content (AvgIpc) is 3.22. The molecule has 0 fully saturated rings. The Bertz CT molecular complexity index is 858. The van der Waals surface area contributed by atoms with Crippen molar-refractivity contribution < 1.29 is 0 Å². The summed E-state index contributed by atoms with van der Waals surface area (Å²) in [6.45, 7) is 9.34. The van der Waals surface area contributed by atoms with E-state index in [0.29, 0.717) is 0 Å². The van der Waals surface area contributed by atoms with Gasteiger partial charge in [0.25, 0.3) is 0 Å². The molecule has 0 amide bonds. The van der Waals surface area contributed by atoms with Crippen molar-refractivity contribution in [2.45, 2.75) is 329 Å². The van der Waals surface area contributed by atoms with Crippen LogP contribution in [0.1, 0.15) is 326 Å². The fourth-order valence-corrected chi connectivity index (χ4v) is 9.59. The summed E-state index contributed by atoms with van der Waals surface area (Å²) in [5, 5.41) is 0. The molecule has 0 aliphatic carbocycles. The molecule has 0 aliphatic rings. The fraction of sp³-hybridized carbons (Fsp3) is 0.895. The molecule has 0 N–H and O–H groups in total. The fourth-order valence-electron chi connectivity index (χ4n) is 9.59. The Kier molecular flexibility index (Phi) is 42.6. The summed E-state index contributed by atoms with van der Waals surface area (Å²) in [6, 6.07) is 5.36. The van der Waals surface area contributed by atoms with Crippen molar-refractivity contribution in [1.29, 1.82) is 0 Å². The maximum absolute atomic E-state index is 2.68. The second-order valence-corrected chi connectivity index (χ2v) is 19.2. The maximum atomic E-state index is 2.68. The normalized spacial score (nSPS) is 11.6. The molecule has 0 saturated carbocycles. The molecule has 1 rings (SSSR count). The van der Waals surface area contributed by atoms with E-state index in [9.17, 15) is 0 Å². The van der Waals surface area contributed by atoms with Crippen LogP contribution in [0, 0.1) is 0 Å². The summed E-state index contributed by atoms with van der Waals surface area (Å²) in [4.78, 5) is 0. The van der Waals surface area contributed by atoms with E-state index in [0.717, 1.165) is 0 Å². The van der Waals surface area contributed by atoms with Crippen molar-refractivity contribution >= 4 is 0 Å². The molecule has 0 radical (unpaired) electrons. The Morgan fingerprint density at radius 2 is 0.421 bits per heavy atom. The lowest BCUT2D eigenvalue weighted by Gasteiger charge is -2.18. The third-order valence-electron chi connectivity index (χ3n) is 13.4. The van der Waals surface area contributed by atoms with Gasteiger partial charge in [0.2, 0.25) is 0 Å². The van der Waals surface area contributed by atoms with E-state index < -0.39 is 0 Å². The number of unbranched alkanes of at least 4 members (excludes halogenated alkanes) is 39. The van der Waals surface area contributed by atoms with E-state index in [1.807, 2.05) is 0 Å². The highest BCUT2D eigenvalue weighted by Crippen LogP contribution is 2.27. The Morgan fingerprint density at radius 3 is 0.649 bits per heavy atom. The van der Waals surface area contributed by atoms with Crippen LogP contribution in [-0.4, -0.2) is 0 Å². The first kappa shape index (κ1) is 54.2. The maximum Gasteiger partial charge on any atom is -0.0273 e. The van der Waals surface area contributed by atoms with E-state index >= 15 is 0 Å². The van der Waals surface area contributed by atoms with E-state index in [4.69, 9.17) is 0 Å². The summed E-state index contributed by atoms with van der Waals surface area (Å²) in [6.07, 6.45) is 67.5. The van der Waals surface area contributed by atoms with Crippen LogP contribution >= 0.6 is 0 Å². The number of rotatable bonds is 47. The van der Waals surface area contributed by atoms with Crippen molar-refractivity contribution in [2.75, 3.05) is 0 Å². The molecular weight excluding hydrogens is 685 g/mol. The topological polar surface area (TPSA) is 0 Å². The van der Waals surface area contributed by atoms with Gasteiger partial charge in [-0.05, 0) is 67.2 Å². The smallest absolute Gasteiger partial charge is 0.0273 e. The van der Waals surface area contributed by atoms with E-state index in [2.05, 4.69) is 39.8 Å². The predicted molar refractivity (Wildman–Crippen MR) is 262 cm³/mol. The van der Waals surface area contributed by atoms with Gasteiger partial charge in [0.1, 0.15) is 0 Å². The van der Waals surface area contributed by atoms with Gasteiger partial charge in [0.15, 0.2) is 0 Å². The van der Waals surface area contributed by atoms with Gasteiger partial charge in [-0.1, -0.05) is 297 Å². The van der Waals surface area contributed by atoms with Crippen LogP contribution in [0.5, 0.6) is 0 Å². The summed E-state index contributed by atoms with van der Waals surface area (Å²) < 4.78 is 0. The Morgan fingerprint density at radius 1 is 0.211 bits per heavy atom. The molecule has 0 bridgehead atoms. The lowest BCUT2D eigenvalue weighted by Crippen LogP contribution is -2.04. The number of aryl methyl sites for hydroxylation is 3. The van der Waals surface area contributed by atoms with Crippen LogP contribution in [0.15, 0.2) is 12.1 Å². The molecule has 0 nitrogen and oxygen atoms in total. The minimum absolute atomic E-state index is 1.26. The molecule has 57 heavy (non-hydrogen) atoms. The number of hydrogen-bond acceptors (Lipinski definition) is 0. The van der Waals surface area contributed by atoms with Crippen molar-refractivity contribution in [2.24, 2.45) is 0 Å². The third-order valence-corrected chi connectivity index (χ3v) is 13.4. The molecule has 0 heterocycles. The van der Waals surface area contributed by atoms with Crippen LogP contribution in [-0.2, 0) is 25.7 Å². The summed E-state index contributed by atoms with van der Waals surface area (Å²) in [5.74, 6) is 0. The van der Waals surface area contributed by atoms with Crippen molar-refractivity contribution in [1.82, 2.24) is 0 Å². The summed E-state index contributed by atoms with van der Waals surface area (Å²) in [7, 11) is 0. The first-order valence-corrected chi connectivity index (χ1v) is 27.4. The van der Waals surface area contributed by atoms with Crippen molar-refractivity contribution in [3.8, 4) is 0 Å². The zero-order valence-electron chi connectivity index (χ0n) is 40.4. The van der Waals surface area contributed by atoms with Gasteiger partial charge in [-0.15, -0.1) is 0 Å². The van der Waals surface area contributed by atoms with Crippen LogP contribution < -0.4 is 0 Å². The second-order valence-electron chi connectivity index (χ2n) is 19.2. The Balaban J connectivity index is 2.51. The molecule has 0 atom stereocenters. The third kappa shape index (κ3) is 35.7. The zero-order valence-corrected chi connectivity index (χ0v) is 40.4. The number of hydrogen-bond donors (Lipinski definition) is 0. The highest BCUT2D eigenvalue weighted by molar-refractivity contribution is 5.40. The quantitative estimate of drug-likeness (QED) is 0.0577. The molecule has 0 spiro atoms. The number of benzene rings is 1. The minimum atomic E-state index is 1.26. The van der Waals surface area contributed by atoms with Crippen LogP contribution in [0.4, 0.5) is 0 Å². The molecular formula is C57H108. The molecule has 1 aromatic carbocycles. The van der Waals surface area contributed by atoms with Gasteiger partial charge in [-0.3, -0.25) is 0 Å². The Hall–Kier alpha value is -0.780. The van der Waals surface area contributed by atoms with Crippen LogP contribution in [0.2, 0.25) is 0 Å². The van der Waals surface area contributed by atoms with E-state index in [1.165, 1.54) is 302 Å². The summed E-state index contributed by atoms with van der Waals surface area (Å²) >= 11 is 0.